The quantitative estimate of drug-likeness (QED) is 0.276. The maximum absolute atomic E-state index is 12.2. The largest absolute Gasteiger partial charge is 0.457 e. The van der Waals surface area contributed by atoms with Gasteiger partial charge in [-0.2, -0.15) is 0 Å². The number of carbonyl (C=O) groups excluding carboxylic acids is 1. The van der Waals surface area contributed by atoms with Crippen LogP contribution in [0.1, 0.15) is 108 Å². The van der Waals surface area contributed by atoms with Crippen LogP contribution in [-0.2, 0) is 16.0 Å². The molecule has 2 unspecified atom stereocenters. The molecule has 146 valence electrons. The van der Waals surface area contributed by atoms with E-state index < -0.39 is 0 Å². The second kappa shape index (κ2) is 12.1. The Morgan fingerprint density at radius 1 is 0.846 bits per heavy atom. The van der Waals surface area contributed by atoms with Crippen molar-refractivity contribution in [2.45, 2.75) is 103 Å². The minimum absolute atomic E-state index is 0.0206. The number of carbonyl (C=O) groups is 1. The van der Waals surface area contributed by atoms with Crippen LogP contribution in [0.15, 0.2) is 24.3 Å². The van der Waals surface area contributed by atoms with Gasteiger partial charge in [0.05, 0.1) is 5.92 Å². The molecule has 0 spiro atoms. The summed E-state index contributed by atoms with van der Waals surface area (Å²) in [6.07, 6.45) is 15.9. The van der Waals surface area contributed by atoms with Crippen molar-refractivity contribution in [1.82, 2.24) is 0 Å². The van der Waals surface area contributed by atoms with E-state index in [1.807, 2.05) is 0 Å². The molecule has 26 heavy (non-hydrogen) atoms. The Bertz CT molecular complexity index is 505. The van der Waals surface area contributed by atoms with Crippen LogP contribution in [0.5, 0.6) is 0 Å². The first kappa shape index (κ1) is 21.0. The maximum Gasteiger partial charge on any atom is 0.309 e. The lowest BCUT2D eigenvalue weighted by Crippen LogP contribution is -2.07. The highest BCUT2D eigenvalue weighted by molar-refractivity contribution is 5.74. The van der Waals surface area contributed by atoms with Gasteiger partial charge in [-0.05, 0) is 30.4 Å². The second-order valence-corrected chi connectivity index (χ2v) is 7.97. The van der Waals surface area contributed by atoms with Crippen LogP contribution in [0.4, 0.5) is 0 Å². The van der Waals surface area contributed by atoms with Gasteiger partial charge in [0.15, 0.2) is 0 Å². The number of ether oxygens (including phenoxy) is 1. The molecule has 2 heteroatoms. The molecule has 0 aromatic heterocycles. The Morgan fingerprint density at radius 3 is 2.15 bits per heavy atom. The topological polar surface area (TPSA) is 26.3 Å². The number of aryl methyl sites for hydroxylation is 1. The molecular weight excluding hydrogens is 320 g/mol. The Labute approximate surface area is 160 Å². The summed E-state index contributed by atoms with van der Waals surface area (Å²) >= 11 is 0. The van der Waals surface area contributed by atoms with Gasteiger partial charge >= 0.3 is 5.97 Å². The third-order valence-corrected chi connectivity index (χ3v) is 5.67. The summed E-state index contributed by atoms with van der Waals surface area (Å²) in [7, 11) is 0. The highest BCUT2D eigenvalue weighted by Crippen LogP contribution is 2.36. The predicted molar refractivity (Wildman–Crippen MR) is 109 cm³/mol. The average Bonchev–Trinajstić information content (AvgIpc) is 3.03. The monoisotopic (exact) mass is 358 g/mol. The van der Waals surface area contributed by atoms with Crippen LogP contribution in [0.25, 0.3) is 0 Å². The molecule has 0 aliphatic carbocycles. The molecule has 1 aromatic rings. The van der Waals surface area contributed by atoms with Crippen LogP contribution in [0.2, 0.25) is 0 Å². The molecule has 0 saturated carbocycles. The Hall–Kier alpha value is -1.31. The molecule has 0 N–H and O–H groups in total. The first-order valence-corrected chi connectivity index (χ1v) is 11.0. The van der Waals surface area contributed by atoms with Crippen molar-refractivity contribution in [3.05, 3.63) is 35.4 Å². The fourth-order valence-corrected chi connectivity index (χ4v) is 3.90. The first-order chi connectivity index (χ1) is 12.7. The molecular formula is C24H38O2. The van der Waals surface area contributed by atoms with Crippen molar-refractivity contribution in [3.63, 3.8) is 0 Å². The lowest BCUT2D eigenvalue weighted by atomic mass is 9.94. The zero-order valence-electron chi connectivity index (χ0n) is 17.0. The molecule has 1 fully saturated rings. The zero-order valence-corrected chi connectivity index (χ0v) is 17.0. The van der Waals surface area contributed by atoms with Gasteiger partial charge in [0.1, 0.15) is 6.10 Å². The van der Waals surface area contributed by atoms with E-state index in [9.17, 15) is 4.79 Å². The van der Waals surface area contributed by atoms with Gasteiger partial charge < -0.3 is 4.74 Å². The average molecular weight is 359 g/mol. The standard InChI is InChI=1S/C24H38O2/c1-3-5-7-9-10-12-14-22-19-23(26-24(22)25)21-17-15-20(16-18-21)13-11-8-6-4-2/h15-18,22-23H,3-14,19H2,1-2H3. The molecule has 0 radical (unpaired) electrons. The molecule has 1 aliphatic rings. The predicted octanol–water partition coefficient (Wildman–Crippen LogP) is 7.16. The van der Waals surface area contributed by atoms with Gasteiger partial charge in [-0.3, -0.25) is 4.79 Å². The summed E-state index contributed by atoms with van der Waals surface area (Å²) in [5.74, 6) is 0.132. The van der Waals surface area contributed by atoms with Crippen molar-refractivity contribution < 1.29 is 9.53 Å². The molecule has 1 aromatic carbocycles. The van der Waals surface area contributed by atoms with E-state index in [2.05, 4.69) is 38.1 Å². The third-order valence-electron chi connectivity index (χ3n) is 5.67. The van der Waals surface area contributed by atoms with Crippen LogP contribution in [0.3, 0.4) is 0 Å². The molecule has 1 aliphatic heterocycles. The molecule has 1 heterocycles. The second-order valence-electron chi connectivity index (χ2n) is 7.97. The van der Waals surface area contributed by atoms with Gasteiger partial charge in [-0.25, -0.2) is 0 Å². The normalized spacial score (nSPS) is 19.7. The Kier molecular flexibility index (Phi) is 9.81. The van der Waals surface area contributed by atoms with Crippen molar-refractivity contribution in [1.29, 1.82) is 0 Å². The van der Waals surface area contributed by atoms with Crippen LogP contribution >= 0.6 is 0 Å². The van der Waals surface area contributed by atoms with E-state index in [1.54, 1.807) is 0 Å². The number of rotatable bonds is 13. The highest BCUT2D eigenvalue weighted by atomic mass is 16.5. The van der Waals surface area contributed by atoms with Crippen LogP contribution < -0.4 is 0 Å². The fraction of sp³-hybridized carbons (Fsp3) is 0.708. The summed E-state index contributed by atoms with van der Waals surface area (Å²) in [4.78, 5) is 12.2. The molecule has 0 amide bonds. The maximum atomic E-state index is 12.2. The smallest absolute Gasteiger partial charge is 0.309 e. The molecule has 0 bridgehead atoms. The molecule has 2 atom stereocenters. The van der Waals surface area contributed by atoms with E-state index >= 15 is 0 Å². The van der Waals surface area contributed by atoms with E-state index in [4.69, 9.17) is 4.74 Å². The van der Waals surface area contributed by atoms with E-state index in [-0.39, 0.29) is 18.0 Å². The molecule has 1 saturated heterocycles. The molecule has 2 nitrogen and oxygen atoms in total. The number of unbranched alkanes of at least 4 members (excludes halogenated alkanes) is 8. The fourth-order valence-electron chi connectivity index (χ4n) is 3.90. The van der Waals surface area contributed by atoms with Crippen molar-refractivity contribution in [2.75, 3.05) is 0 Å². The van der Waals surface area contributed by atoms with Gasteiger partial charge in [-0.15, -0.1) is 0 Å². The van der Waals surface area contributed by atoms with E-state index in [0.29, 0.717) is 0 Å². The number of hydrogen-bond acceptors (Lipinski definition) is 2. The lowest BCUT2D eigenvalue weighted by Gasteiger charge is -2.10. The summed E-state index contributed by atoms with van der Waals surface area (Å²) in [5.41, 5.74) is 2.57. The third kappa shape index (κ3) is 7.13. The Balaban J connectivity index is 1.71. The number of esters is 1. The number of benzene rings is 1. The SMILES string of the molecule is CCCCCCCCC1CC(c2ccc(CCCCCC)cc2)OC1=O. The van der Waals surface area contributed by atoms with E-state index in [1.165, 1.54) is 68.9 Å². The Morgan fingerprint density at radius 2 is 1.46 bits per heavy atom. The van der Waals surface area contributed by atoms with Crippen LogP contribution in [0, 0.1) is 5.92 Å². The minimum Gasteiger partial charge on any atom is -0.457 e. The summed E-state index contributed by atoms with van der Waals surface area (Å²) in [6, 6.07) is 8.77. The summed E-state index contributed by atoms with van der Waals surface area (Å²) in [5, 5.41) is 0. The summed E-state index contributed by atoms with van der Waals surface area (Å²) in [6.45, 7) is 4.49. The van der Waals surface area contributed by atoms with Gasteiger partial charge in [0.2, 0.25) is 0 Å². The number of hydrogen-bond donors (Lipinski definition) is 0. The van der Waals surface area contributed by atoms with Crippen molar-refractivity contribution >= 4 is 5.97 Å². The van der Waals surface area contributed by atoms with Gasteiger partial charge in [0.25, 0.3) is 0 Å². The van der Waals surface area contributed by atoms with Crippen molar-refractivity contribution in [3.8, 4) is 0 Å². The summed E-state index contributed by atoms with van der Waals surface area (Å²) < 4.78 is 5.67. The zero-order chi connectivity index (χ0) is 18.6. The lowest BCUT2D eigenvalue weighted by molar-refractivity contribution is -0.144. The highest BCUT2D eigenvalue weighted by Gasteiger charge is 2.34. The first-order valence-electron chi connectivity index (χ1n) is 11.0. The van der Waals surface area contributed by atoms with Crippen molar-refractivity contribution in [2.24, 2.45) is 5.92 Å². The van der Waals surface area contributed by atoms with E-state index in [0.717, 1.165) is 25.7 Å². The van der Waals surface area contributed by atoms with Crippen LogP contribution in [-0.4, -0.2) is 5.97 Å². The molecule has 2 rings (SSSR count). The van der Waals surface area contributed by atoms with Gasteiger partial charge in [0, 0.05) is 6.42 Å². The number of cyclic esters (lactones) is 1. The van der Waals surface area contributed by atoms with Gasteiger partial charge in [-0.1, -0.05) is 95.9 Å². The minimum atomic E-state index is -0.0262.